The molecule has 1 fully saturated rings. The molecule has 0 bridgehead atoms. The topological polar surface area (TPSA) is 75.1 Å². The van der Waals surface area contributed by atoms with Crippen molar-refractivity contribution in [1.29, 1.82) is 0 Å². The monoisotopic (exact) mass is 476 g/mol. The van der Waals surface area contributed by atoms with E-state index in [1.165, 1.54) is 5.56 Å². The number of amides is 2. The van der Waals surface area contributed by atoms with Gasteiger partial charge in [-0.05, 0) is 72.5 Å². The van der Waals surface area contributed by atoms with Crippen LogP contribution in [0.15, 0.2) is 90.8 Å². The summed E-state index contributed by atoms with van der Waals surface area (Å²) in [5.74, 6) is 0. The van der Waals surface area contributed by atoms with E-state index in [2.05, 4.69) is 84.0 Å². The van der Waals surface area contributed by atoms with Crippen molar-refractivity contribution in [1.82, 2.24) is 25.6 Å². The number of rotatable bonds is 5. The molecule has 0 radical (unpaired) electrons. The van der Waals surface area contributed by atoms with Crippen LogP contribution >= 0.6 is 0 Å². The number of aromatic nitrogens is 3. The Kier molecular flexibility index (Phi) is 5.90. The molecule has 0 atom stereocenters. The van der Waals surface area contributed by atoms with Gasteiger partial charge in [-0.3, -0.25) is 0 Å². The fraction of sp³-hybridized carbons (Fsp3) is 0.138. The molecular formula is C29H28N6O. The van der Waals surface area contributed by atoms with E-state index < -0.39 is 0 Å². The maximum atomic E-state index is 11.6. The second kappa shape index (κ2) is 9.19. The van der Waals surface area contributed by atoms with E-state index >= 15 is 0 Å². The predicted molar refractivity (Wildman–Crippen MR) is 145 cm³/mol. The third-order valence-electron chi connectivity index (χ3n) is 6.37. The lowest BCUT2D eigenvalue weighted by atomic mass is 10.0. The molecule has 0 spiro atoms. The first kappa shape index (κ1) is 23.1. The SMILES string of the molecule is C=C1NC(=O)NC(=C)C1=Cc1ccc(N(C)Cc2cc(C)cc(-n3nc4ccccc4n3)c2C)cc1. The zero-order chi connectivity index (χ0) is 25.4. The maximum Gasteiger partial charge on any atom is 0.323 e. The quantitative estimate of drug-likeness (QED) is 0.405. The summed E-state index contributed by atoms with van der Waals surface area (Å²) in [4.78, 5) is 15.5. The lowest BCUT2D eigenvalue weighted by molar-refractivity contribution is 0.245. The Labute approximate surface area is 210 Å². The molecular weight excluding hydrogens is 448 g/mol. The molecule has 1 aliphatic heterocycles. The first-order valence-corrected chi connectivity index (χ1v) is 11.7. The third kappa shape index (κ3) is 4.51. The summed E-state index contributed by atoms with van der Waals surface area (Å²) in [5.41, 5.74) is 10.2. The molecule has 0 aliphatic carbocycles. The second-order valence-corrected chi connectivity index (χ2v) is 9.09. The number of aryl methyl sites for hydroxylation is 1. The van der Waals surface area contributed by atoms with Crippen LogP contribution < -0.4 is 15.5 Å². The van der Waals surface area contributed by atoms with Gasteiger partial charge in [-0.25, -0.2) is 4.79 Å². The minimum atomic E-state index is -0.315. The normalized spacial score (nSPS) is 13.5. The number of fused-ring (bicyclic) bond motifs is 1. The molecule has 0 saturated carbocycles. The summed E-state index contributed by atoms with van der Waals surface area (Å²) >= 11 is 0. The van der Waals surface area contributed by atoms with Gasteiger partial charge in [0.1, 0.15) is 11.0 Å². The van der Waals surface area contributed by atoms with Crippen molar-refractivity contribution in [2.24, 2.45) is 0 Å². The van der Waals surface area contributed by atoms with Gasteiger partial charge in [0.25, 0.3) is 0 Å². The lowest BCUT2D eigenvalue weighted by Crippen LogP contribution is -2.40. The van der Waals surface area contributed by atoms with Gasteiger partial charge in [-0.2, -0.15) is 4.80 Å². The van der Waals surface area contributed by atoms with Crippen molar-refractivity contribution in [3.63, 3.8) is 0 Å². The number of urea groups is 1. The van der Waals surface area contributed by atoms with Gasteiger partial charge in [0, 0.05) is 36.2 Å². The van der Waals surface area contributed by atoms with E-state index in [0.29, 0.717) is 11.4 Å². The number of hydrogen-bond acceptors (Lipinski definition) is 4. The Morgan fingerprint density at radius 1 is 0.944 bits per heavy atom. The van der Waals surface area contributed by atoms with Crippen molar-refractivity contribution >= 4 is 28.8 Å². The molecule has 2 amide bonds. The fourth-order valence-corrected chi connectivity index (χ4v) is 4.39. The van der Waals surface area contributed by atoms with E-state index in [9.17, 15) is 4.79 Å². The number of hydrogen-bond donors (Lipinski definition) is 2. The first-order valence-electron chi connectivity index (χ1n) is 11.7. The lowest BCUT2D eigenvalue weighted by Gasteiger charge is -2.23. The molecule has 36 heavy (non-hydrogen) atoms. The third-order valence-corrected chi connectivity index (χ3v) is 6.37. The number of nitrogens with zero attached hydrogens (tertiary/aromatic N) is 4. The van der Waals surface area contributed by atoms with Gasteiger partial charge in [0.05, 0.1) is 5.69 Å². The molecule has 180 valence electrons. The van der Waals surface area contributed by atoms with Crippen LogP contribution in [0.25, 0.3) is 22.8 Å². The number of anilines is 1. The summed E-state index contributed by atoms with van der Waals surface area (Å²) in [6, 6.07) is 20.2. The molecule has 2 N–H and O–H groups in total. The molecule has 7 heteroatoms. The van der Waals surface area contributed by atoms with E-state index in [0.717, 1.165) is 51.2 Å². The van der Waals surface area contributed by atoms with Crippen LogP contribution in [0.3, 0.4) is 0 Å². The highest BCUT2D eigenvalue weighted by Crippen LogP contribution is 2.26. The number of carbonyl (C=O) groups excluding carboxylic acids is 1. The van der Waals surface area contributed by atoms with Crippen molar-refractivity contribution < 1.29 is 4.79 Å². The molecule has 4 aromatic rings. The zero-order valence-electron chi connectivity index (χ0n) is 20.7. The minimum absolute atomic E-state index is 0.315. The van der Waals surface area contributed by atoms with Crippen LogP contribution in [0.5, 0.6) is 0 Å². The Balaban J connectivity index is 1.37. The maximum absolute atomic E-state index is 11.6. The standard InChI is InChI=1S/C29H28N6O/c1-18-14-23(19(2)28(15-18)35-32-26-8-6-7-9-27(26)33-35)17-34(5)24-12-10-22(11-13-24)16-25-20(3)30-29(36)31-21(25)4/h6-16H,3-4,17H2,1-2,5H3,(H2,30,31,36). The summed E-state index contributed by atoms with van der Waals surface area (Å²) < 4.78 is 0. The summed E-state index contributed by atoms with van der Waals surface area (Å²) in [6.45, 7) is 12.8. The predicted octanol–water partition coefficient (Wildman–Crippen LogP) is 5.40. The average Bonchev–Trinajstić information content (AvgIpc) is 3.28. The smallest absolute Gasteiger partial charge is 0.323 e. The number of benzene rings is 3. The van der Waals surface area contributed by atoms with Crippen LogP contribution in [0.2, 0.25) is 0 Å². The Hall–Kier alpha value is -4.65. The molecule has 7 nitrogen and oxygen atoms in total. The highest BCUT2D eigenvalue weighted by molar-refractivity contribution is 5.85. The zero-order valence-corrected chi connectivity index (χ0v) is 20.7. The van der Waals surface area contributed by atoms with E-state index in [4.69, 9.17) is 0 Å². The Bertz CT molecular complexity index is 1490. The highest BCUT2D eigenvalue weighted by atomic mass is 16.2. The van der Waals surface area contributed by atoms with Gasteiger partial charge in [-0.1, -0.05) is 43.5 Å². The summed E-state index contributed by atoms with van der Waals surface area (Å²) in [5, 5.41) is 14.7. The number of carbonyl (C=O) groups is 1. The fourth-order valence-electron chi connectivity index (χ4n) is 4.39. The van der Waals surface area contributed by atoms with Gasteiger partial charge in [0.2, 0.25) is 0 Å². The Morgan fingerprint density at radius 2 is 1.56 bits per heavy atom. The van der Waals surface area contributed by atoms with Crippen LogP contribution in [0, 0.1) is 13.8 Å². The van der Waals surface area contributed by atoms with Gasteiger partial charge in [0.15, 0.2) is 0 Å². The molecule has 3 aromatic carbocycles. The second-order valence-electron chi connectivity index (χ2n) is 9.09. The van der Waals surface area contributed by atoms with Gasteiger partial charge >= 0.3 is 6.03 Å². The molecule has 0 unspecified atom stereocenters. The molecule has 1 aliphatic rings. The molecule has 1 saturated heterocycles. The Morgan fingerprint density at radius 3 is 2.17 bits per heavy atom. The van der Waals surface area contributed by atoms with E-state index in [1.54, 1.807) is 4.80 Å². The van der Waals surface area contributed by atoms with Gasteiger partial charge in [-0.15, -0.1) is 10.2 Å². The molecule has 1 aromatic heterocycles. The van der Waals surface area contributed by atoms with Crippen molar-refractivity contribution in [2.45, 2.75) is 20.4 Å². The van der Waals surface area contributed by atoms with Crippen LogP contribution in [-0.4, -0.2) is 28.1 Å². The van der Waals surface area contributed by atoms with Crippen LogP contribution in [-0.2, 0) is 6.54 Å². The summed E-state index contributed by atoms with van der Waals surface area (Å²) in [6.07, 6.45) is 1.96. The van der Waals surface area contributed by atoms with Crippen molar-refractivity contribution in [3.8, 4) is 5.69 Å². The van der Waals surface area contributed by atoms with E-state index in [-0.39, 0.29) is 6.03 Å². The minimum Gasteiger partial charge on any atom is -0.370 e. The van der Waals surface area contributed by atoms with E-state index in [1.807, 2.05) is 42.5 Å². The molecule has 2 heterocycles. The first-order chi connectivity index (χ1) is 17.3. The van der Waals surface area contributed by atoms with Crippen molar-refractivity contribution in [2.75, 3.05) is 11.9 Å². The largest absolute Gasteiger partial charge is 0.370 e. The highest BCUT2D eigenvalue weighted by Gasteiger charge is 2.18. The van der Waals surface area contributed by atoms with Crippen molar-refractivity contribution in [3.05, 3.63) is 113 Å². The van der Waals surface area contributed by atoms with Crippen LogP contribution in [0.4, 0.5) is 10.5 Å². The van der Waals surface area contributed by atoms with Crippen LogP contribution in [0.1, 0.15) is 22.3 Å². The van der Waals surface area contributed by atoms with Gasteiger partial charge < -0.3 is 15.5 Å². The summed E-state index contributed by atoms with van der Waals surface area (Å²) in [7, 11) is 2.08. The molecule has 5 rings (SSSR count). The average molecular weight is 477 g/mol. The number of nitrogens with one attached hydrogen (secondary N) is 2.